The van der Waals surface area contributed by atoms with E-state index >= 15 is 0 Å². The summed E-state index contributed by atoms with van der Waals surface area (Å²) < 4.78 is 44.4. The Balaban J connectivity index is 1.94. The summed E-state index contributed by atoms with van der Waals surface area (Å²) in [5.74, 6) is 0.316. The molecule has 0 aliphatic heterocycles. The Labute approximate surface area is 214 Å². The number of carbonyl (C=O) groups is 1. The maximum Gasteiger partial charge on any atom is 0.243 e. The minimum atomic E-state index is -4.13. The van der Waals surface area contributed by atoms with Crippen molar-refractivity contribution in [1.82, 2.24) is 4.72 Å². The fourth-order valence-electron chi connectivity index (χ4n) is 3.29. The molecule has 11 heteroatoms. The predicted molar refractivity (Wildman–Crippen MR) is 135 cm³/mol. The molecule has 0 saturated carbocycles. The number of halogens is 2. The van der Waals surface area contributed by atoms with Crippen LogP contribution in [0.5, 0.6) is 17.2 Å². The van der Waals surface area contributed by atoms with Crippen LogP contribution < -0.4 is 24.2 Å². The molecule has 1 atom stereocenters. The van der Waals surface area contributed by atoms with Gasteiger partial charge in [0.15, 0.2) is 0 Å². The van der Waals surface area contributed by atoms with Crippen molar-refractivity contribution in [3.63, 3.8) is 0 Å². The lowest BCUT2D eigenvalue weighted by Crippen LogP contribution is -2.45. The topological polar surface area (TPSA) is 103 Å². The second kappa shape index (κ2) is 11.6. The van der Waals surface area contributed by atoms with Gasteiger partial charge in [0.05, 0.1) is 42.0 Å². The maximum absolute atomic E-state index is 13.3. The Morgan fingerprint density at radius 1 is 0.857 bits per heavy atom. The van der Waals surface area contributed by atoms with E-state index in [0.29, 0.717) is 16.5 Å². The van der Waals surface area contributed by atoms with Gasteiger partial charge in [-0.25, -0.2) is 8.42 Å². The van der Waals surface area contributed by atoms with Crippen molar-refractivity contribution in [2.75, 3.05) is 26.6 Å². The molecule has 0 saturated heterocycles. The molecule has 0 aliphatic rings. The van der Waals surface area contributed by atoms with Crippen LogP contribution in [0.25, 0.3) is 0 Å². The third-order valence-corrected chi connectivity index (χ3v) is 7.12. The molecule has 186 valence electrons. The van der Waals surface area contributed by atoms with Crippen LogP contribution in [0.15, 0.2) is 65.6 Å². The van der Waals surface area contributed by atoms with E-state index in [0.717, 1.165) is 5.56 Å². The molecular formula is C24H24Cl2N2O6S. The van der Waals surface area contributed by atoms with Crippen molar-refractivity contribution in [2.45, 2.75) is 17.4 Å². The monoisotopic (exact) mass is 538 g/mol. The quantitative estimate of drug-likeness (QED) is 0.392. The number of amides is 1. The van der Waals surface area contributed by atoms with Crippen LogP contribution in [0.2, 0.25) is 10.0 Å². The summed E-state index contributed by atoms with van der Waals surface area (Å²) in [5, 5.41) is 3.13. The zero-order valence-corrected chi connectivity index (χ0v) is 21.5. The lowest BCUT2D eigenvalue weighted by Gasteiger charge is -2.20. The molecule has 0 spiro atoms. The van der Waals surface area contributed by atoms with Gasteiger partial charge in [-0.1, -0.05) is 53.5 Å². The largest absolute Gasteiger partial charge is 0.495 e. The number of nitrogens with one attached hydrogen (secondary N) is 2. The molecule has 0 aromatic heterocycles. The van der Waals surface area contributed by atoms with Crippen LogP contribution in [0, 0.1) is 0 Å². The summed E-state index contributed by atoms with van der Waals surface area (Å²) in [6.45, 7) is 0. The van der Waals surface area contributed by atoms with E-state index in [1.807, 2.05) is 6.07 Å². The molecule has 2 N–H and O–H groups in total. The van der Waals surface area contributed by atoms with Gasteiger partial charge in [-0.15, -0.1) is 0 Å². The summed E-state index contributed by atoms with van der Waals surface area (Å²) in [7, 11) is 0.155. The van der Waals surface area contributed by atoms with Crippen molar-refractivity contribution in [1.29, 1.82) is 0 Å². The smallest absolute Gasteiger partial charge is 0.243 e. The zero-order valence-electron chi connectivity index (χ0n) is 19.2. The third kappa shape index (κ3) is 6.58. The first-order valence-electron chi connectivity index (χ1n) is 10.3. The molecule has 35 heavy (non-hydrogen) atoms. The molecule has 0 radical (unpaired) electrons. The molecule has 3 aromatic rings. The minimum absolute atomic E-state index is 0.0861. The van der Waals surface area contributed by atoms with Crippen LogP contribution in [0.4, 0.5) is 5.69 Å². The Bertz CT molecular complexity index is 1300. The molecule has 1 unspecified atom stereocenters. The summed E-state index contributed by atoms with van der Waals surface area (Å²) >= 11 is 12.3. The highest BCUT2D eigenvalue weighted by Crippen LogP contribution is 2.36. The first-order chi connectivity index (χ1) is 16.7. The number of anilines is 1. The molecule has 8 nitrogen and oxygen atoms in total. The number of rotatable bonds is 10. The third-order valence-electron chi connectivity index (χ3n) is 5.06. The lowest BCUT2D eigenvalue weighted by molar-refractivity contribution is -0.117. The van der Waals surface area contributed by atoms with E-state index in [2.05, 4.69) is 10.0 Å². The molecule has 3 rings (SSSR count). The Morgan fingerprint density at radius 2 is 1.49 bits per heavy atom. The van der Waals surface area contributed by atoms with Gasteiger partial charge < -0.3 is 19.5 Å². The minimum Gasteiger partial charge on any atom is -0.495 e. The number of hydrogen-bond acceptors (Lipinski definition) is 6. The van der Waals surface area contributed by atoms with Crippen molar-refractivity contribution >= 4 is 44.8 Å². The van der Waals surface area contributed by atoms with E-state index in [-0.39, 0.29) is 27.8 Å². The molecule has 1 amide bonds. The second-order valence-electron chi connectivity index (χ2n) is 7.34. The highest BCUT2D eigenvalue weighted by Gasteiger charge is 2.28. The summed E-state index contributed by atoms with van der Waals surface area (Å²) in [4.78, 5) is 13.2. The number of benzene rings is 3. The number of methoxy groups -OCH3 is 3. The summed E-state index contributed by atoms with van der Waals surface area (Å²) in [6.07, 6.45) is 0.0861. The van der Waals surface area contributed by atoms with Gasteiger partial charge in [0, 0.05) is 12.1 Å². The second-order valence-corrected chi connectivity index (χ2v) is 9.86. The fraction of sp³-hybridized carbons (Fsp3) is 0.208. The van der Waals surface area contributed by atoms with Gasteiger partial charge in [-0.2, -0.15) is 4.72 Å². The first kappa shape index (κ1) is 26.6. The van der Waals surface area contributed by atoms with E-state index in [1.165, 1.54) is 51.7 Å². The zero-order chi connectivity index (χ0) is 25.6. The predicted octanol–water partition coefficient (Wildman–Crippen LogP) is 4.55. The van der Waals surface area contributed by atoms with Crippen LogP contribution in [-0.2, 0) is 21.2 Å². The maximum atomic E-state index is 13.3. The average molecular weight is 539 g/mol. The fourth-order valence-corrected chi connectivity index (χ4v) is 5.06. The summed E-state index contributed by atoms with van der Waals surface area (Å²) in [6, 6.07) is 14.9. The molecular weight excluding hydrogens is 515 g/mol. The highest BCUT2D eigenvalue weighted by molar-refractivity contribution is 7.89. The average Bonchev–Trinajstić information content (AvgIpc) is 2.84. The van der Waals surface area contributed by atoms with Crippen LogP contribution >= 0.6 is 23.2 Å². The van der Waals surface area contributed by atoms with Crippen LogP contribution in [0.1, 0.15) is 5.56 Å². The van der Waals surface area contributed by atoms with Crippen LogP contribution in [-0.4, -0.2) is 41.7 Å². The number of ether oxygens (including phenoxy) is 3. The normalized spacial score (nSPS) is 12.0. The van der Waals surface area contributed by atoms with E-state index in [9.17, 15) is 13.2 Å². The van der Waals surface area contributed by atoms with Crippen molar-refractivity contribution in [2.24, 2.45) is 0 Å². The molecule has 0 aliphatic carbocycles. The van der Waals surface area contributed by atoms with Gasteiger partial charge in [0.1, 0.15) is 23.3 Å². The summed E-state index contributed by atoms with van der Waals surface area (Å²) in [5.41, 5.74) is 1.02. The van der Waals surface area contributed by atoms with Gasteiger partial charge >= 0.3 is 0 Å². The first-order valence-corrected chi connectivity index (χ1v) is 12.5. The van der Waals surface area contributed by atoms with Gasteiger partial charge in [-0.05, 0) is 30.2 Å². The number of hydrogen-bond donors (Lipinski definition) is 2. The number of carbonyl (C=O) groups excluding carboxylic acids is 1. The van der Waals surface area contributed by atoms with Crippen LogP contribution in [0.3, 0.4) is 0 Å². The molecule has 3 aromatic carbocycles. The van der Waals surface area contributed by atoms with Gasteiger partial charge in [-0.3, -0.25) is 4.79 Å². The molecule has 0 bridgehead atoms. The van der Waals surface area contributed by atoms with Gasteiger partial charge in [0.2, 0.25) is 15.9 Å². The standard InChI is InChI=1S/C24H24Cl2N2O6S/c1-32-21-10-9-16(12-17(21)25)35(30,31)28-20(11-15-7-5-4-6-8-15)24(29)27-19-14-22(33-2)18(26)13-23(19)34-3/h4-10,12-14,20,28H,11H2,1-3H3,(H,27,29). The highest BCUT2D eigenvalue weighted by atomic mass is 35.5. The SMILES string of the molecule is COc1ccc(S(=O)(=O)NC(Cc2ccccc2)C(=O)Nc2cc(OC)c(Cl)cc2OC)cc1Cl. The molecule has 0 heterocycles. The molecule has 0 fully saturated rings. The van der Waals surface area contributed by atoms with Gasteiger partial charge in [0.25, 0.3) is 0 Å². The van der Waals surface area contributed by atoms with E-state index in [1.54, 1.807) is 24.3 Å². The number of sulfonamides is 1. The van der Waals surface area contributed by atoms with Crippen molar-refractivity contribution in [3.05, 3.63) is 76.3 Å². The van der Waals surface area contributed by atoms with Crippen molar-refractivity contribution < 1.29 is 27.4 Å². The van der Waals surface area contributed by atoms with E-state index in [4.69, 9.17) is 37.4 Å². The Morgan fingerprint density at radius 3 is 2.09 bits per heavy atom. The van der Waals surface area contributed by atoms with Crippen molar-refractivity contribution in [3.8, 4) is 17.2 Å². The Hall–Kier alpha value is -2.98. The lowest BCUT2D eigenvalue weighted by atomic mass is 10.1. The Kier molecular flexibility index (Phi) is 8.85. The van der Waals surface area contributed by atoms with E-state index < -0.39 is 22.0 Å².